The van der Waals surface area contributed by atoms with Crippen molar-refractivity contribution in [1.82, 2.24) is 15.2 Å². The number of nitrogens with one attached hydrogen (secondary N) is 2. The van der Waals surface area contributed by atoms with Crippen LogP contribution in [-0.4, -0.2) is 35.0 Å². The molecule has 1 aliphatic carbocycles. The minimum absolute atomic E-state index is 0.139. The molecule has 0 saturated heterocycles. The Kier molecular flexibility index (Phi) is 5.64. The lowest BCUT2D eigenvalue weighted by Crippen LogP contribution is -2.42. The molecule has 1 aliphatic rings. The number of carbonyl (C=O) groups excluding carboxylic acids is 1. The van der Waals surface area contributed by atoms with Gasteiger partial charge in [0.25, 0.3) is 0 Å². The Morgan fingerprint density at radius 3 is 2.73 bits per heavy atom. The number of urea groups is 1. The molecule has 0 radical (unpaired) electrons. The van der Waals surface area contributed by atoms with Crippen LogP contribution < -0.4 is 10.6 Å². The first-order chi connectivity index (χ1) is 12.7. The van der Waals surface area contributed by atoms with Crippen LogP contribution in [0.5, 0.6) is 0 Å². The lowest BCUT2D eigenvalue weighted by molar-refractivity contribution is 0.192. The van der Waals surface area contributed by atoms with Crippen LogP contribution in [0.3, 0.4) is 0 Å². The molecule has 2 N–H and O–H groups in total. The first-order valence-electron chi connectivity index (χ1n) is 8.55. The van der Waals surface area contributed by atoms with Crippen molar-refractivity contribution in [3.8, 4) is 6.07 Å². The van der Waals surface area contributed by atoms with Gasteiger partial charge < -0.3 is 15.5 Å². The summed E-state index contributed by atoms with van der Waals surface area (Å²) < 4.78 is 13.0. The predicted molar refractivity (Wildman–Crippen MR) is 95.8 cm³/mol. The van der Waals surface area contributed by atoms with Gasteiger partial charge in [-0.15, -0.1) is 0 Å². The third-order valence-electron chi connectivity index (χ3n) is 4.14. The van der Waals surface area contributed by atoms with Gasteiger partial charge in [0.15, 0.2) is 0 Å². The van der Waals surface area contributed by atoms with Crippen LogP contribution in [-0.2, 0) is 6.54 Å². The summed E-state index contributed by atoms with van der Waals surface area (Å²) in [6.45, 7) is 1.34. The number of amides is 2. The number of benzene rings is 1. The molecule has 2 amide bonds. The van der Waals surface area contributed by atoms with Crippen LogP contribution in [0.4, 0.5) is 15.0 Å². The summed E-state index contributed by atoms with van der Waals surface area (Å²) in [5, 5.41) is 15.0. The summed E-state index contributed by atoms with van der Waals surface area (Å²) in [5.41, 5.74) is 1.37. The number of pyridine rings is 1. The van der Waals surface area contributed by atoms with Gasteiger partial charge in [-0.1, -0.05) is 12.1 Å². The Hall–Kier alpha value is -3.14. The number of nitrogens with zero attached hydrogens (tertiary/aromatic N) is 3. The zero-order chi connectivity index (χ0) is 18.4. The molecule has 1 heterocycles. The average molecular weight is 353 g/mol. The molecule has 7 heteroatoms. The van der Waals surface area contributed by atoms with Crippen LogP contribution >= 0.6 is 0 Å². The lowest BCUT2D eigenvalue weighted by atomic mass is 10.2. The van der Waals surface area contributed by atoms with E-state index in [4.69, 9.17) is 5.26 Å². The highest BCUT2D eigenvalue weighted by Crippen LogP contribution is 2.28. The van der Waals surface area contributed by atoms with Crippen LogP contribution in [0.25, 0.3) is 0 Å². The van der Waals surface area contributed by atoms with Gasteiger partial charge in [-0.25, -0.2) is 14.2 Å². The average Bonchev–Trinajstić information content (AvgIpc) is 3.50. The molecule has 26 heavy (non-hydrogen) atoms. The molecule has 0 bridgehead atoms. The molecule has 1 aromatic carbocycles. The topological polar surface area (TPSA) is 81.0 Å². The zero-order valence-electron chi connectivity index (χ0n) is 14.3. The van der Waals surface area contributed by atoms with Crippen LogP contribution in [0.1, 0.15) is 24.0 Å². The first kappa shape index (κ1) is 17.7. The monoisotopic (exact) mass is 353 g/mol. The fraction of sp³-hybridized carbons (Fsp3) is 0.316. The van der Waals surface area contributed by atoms with Crippen molar-refractivity contribution in [1.29, 1.82) is 5.26 Å². The second kappa shape index (κ2) is 8.30. The first-order valence-corrected chi connectivity index (χ1v) is 8.55. The molecule has 6 nitrogen and oxygen atoms in total. The highest BCUT2D eigenvalue weighted by molar-refractivity contribution is 5.75. The van der Waals surface area contributed by atoms with E-state index < -0.39 is 0 Å². The molecule has 0 atom stereocenters. The van der Waals surface area contributed by atoms with E-state index in [9.17, 15) is 9.18 Å². The molecule has 0 unspecified atom stereocenters. The van der Waals surface area contributed by atoms with E-state index >= 15 is 0 Å². The Bertz CT molecular complexity index is 798. The predicted octanol–water partition coefficient (Wildman–Crippen LogP) is 2.88. The molecule has 1 aromatic heterocycles. The number of nitriles is 1. The number of hydrogen-bond donors (Lipinski definition) is 2. The van der Waals surface area contributed by atoms with Crippen molar-refractivity contribution in [2.45, 2.75) is 25.4 Å². The number of aromatic nitrogens is 1. The van der Waals surface area contributed by atoms with E-state index in [1.54, 1.807) is 35.4 Å². The Labute approximate surface area is 151 Å². The maximum absolute atomic E-state index is 13.0. The van der Waals surface area contributed by atoms with Crippen LogP contribution in [0, 0.1) is 17.1 Å². The maximum atomic E-state index is 13.0. The maximum Gasteiger partial charge on any atom is 0.318 e. The number of halogens is 1. The van der Waals surface area contributed by atoms with Crippen molar-refractivity contribution in [3.63, 3.8) is 0 Å². The van der Waals surface area contributed by atoms with Gasteiger partial charge in [0, 0.05) is 31.9 Å². The van der Waals surface area contributed by atoms with Crippen molar-refractivity contribution in [2.24, 2.45) is 0 Å². The van der Waals surface area contributed by atoms with Gasteiger partial charge in [0.05, 0.1) is 5.56 Å². The van der Waals surface area contributed by atoms with Crippen molar-refractivity contribution in [3.05, 3.63) is 59.5 Å². The van der Waals surface area contributed by atoms with Gasteiger partial charge in [-0.05, 0) is 42.7 Å². The van der Waals surface area contributed by atoms with E-state index in [0.29, 0.717) is 31.0 Å². The quantitative estimate of drug-likeness (QED) is 0.750. The summed E-state index contributed by atoms with van der Waals surface area (Å²) in [5.74, 6) is 0.225. The second-order valence-corrected chi connectivity index (χ2v) is 6.16. The number of anilines is 1. The van der Waals surface area contributed by atoms with Crippen molar-refractivity contribution < 1.29 is 9.18 Å². The highest BCUT2D eigenvalue weighted by atomic mass is 19.1. The molecule has 1 saturated carbocycles. The summed E-state index contributed by atoms with van der Waals surface area (Å²) >= 11 is 0. The molecule has 3 rings (SSSR count). The molecular formula is C19H20FN5O. The van der Waals surface area contributed by atoms with E-state index in [-0.39, 0.29) is 17.9 Å². The summed E-state index contributed by atoms with van der Waals surface area (Å²) in [7, 11) is 0. The fourth-order valence-corrected chi connectivity index (χ4v) is 2.63. The molecule has 2 aromatic rings. The molecule has 0 aliphatic heterocycles. The second-order valence-electron chi connectivity index (χ2n) is 6.16. The van der Waals surface area contributed by atoms with Gasteiger partial charge in [-0.2, -0.15) is 5.26 Å². The third kappa shape index (κ3) is 4.70. The number of carbonyl (C=O) groups is 1. The van der Waals surface area contributed by atoms with Gasteiger partial charge in [-0.3, -0.25) is 0 Å². The zero-order valence-corrected chi connectivity index (χ0v) is 14.3. The molecule has 134 valence electrons. The van der Waals surface area contributed by atoms with Gasteiger partial charge >= 0.3 is 6.03 Å². The van der Waals surface area contributed by atoms with E-state index in [1.165, 1.54) is 12.1 Å². The fourth-order valence-electron chi connectivity index (χ4n) is 2.63. The Morgan fingerprint density at radius 2 is 2.04 bits per heavy atom. The van der Waals surface area contributed by atoms with Crippen LogP contribution in [0.2, 0.25) is 0 Å². The summed E-state index contributed by atoms with van der Waals surface area (Å²) in [6.07, 6.45) is 3.60. The van der Waals surface area contributed by atoms with Crippen molar-refractivity contribution in [2.75, 3.05) is 18.4 Å². The largest absolute Gasteiger partial charge is 0.367 e. The summed E-state index contributed by atoms with van der Waals surface area (Å²) in [6, 6.07) is 11.8. The van der Waals surface area contributed by atoms with Gasteiger partial charge in [0.2, 0.25) is 0 Å². The standard InChI is InChI=1S/C19H20FN5O/c20-16-5-3-14(4-6-16)13-25(17-7-8-17)19(26)24-11-10-23-18-15(12-21)2-1-9-22-18/h1-6,9,17H,7-8,10-11,13H2,(H,22,23)(H,24,26). The van der Waals surface area contributed by atoms with E-state index in [2.05, 4.69) is 21.7 Å². The molecular weight excluding hydrogens is 333 g/mol. The Morgan fingerprint density at radius 1 is 1.27 bits per heavy atom. The molecule has 0 spiro atoms. The number of rotatable bonds is 7. The van der Waals surface area contributed by atoms with Crippen LogP contribution in [0.15, 0.2) is 42.6 Å². The smallest absolute Gasteiger partial charge is 0.318 e. The van der Waals surface area contributed by atoms with E-state index in [1.807, 2.05) is 0 Å². The third-order valence-corrected chi connectivity index (χ3v) is 4.14. The van der Waals surface area contributed by atoms with Crippen molar-refractivity contribution >= 4 is 11.8 Å². The Balaban J connectivity index is 1.49. The minimum atomic E-state index is -0.284. The highest BCUT2D eigenvalue weighted by Gasteiger charge is 2.32. The summed E-state index contributed by atoms with van der Waals surface area (Å²) in [4.78, 5) is 18.4. The molecule has 1 fully saturated rings. The minimum Gasteiger partial charge on any atom is -0.367 e. The van der Waals surface area contributed by atoms with Gasteiger partial charge in [0.1, 0.15) is 17.7 Å². The SMILES string of the molecule is N#Cc1cccnc1NCCNC(=O)N(Cc1ccc(F)cc1)C1CC1. The normalized spacial score (nSPS) is 12.9. The number of hydrogen-bond acceptors (Lipinski definition) is 4. The van der Waals surface area contributed by atoms with E-state index in [0.717, 1.165) is 18.4 Å². The lowest BCUT2D eigenvalue weighted by Gasteiger charge is -2.23.